The van der Waals surface area contributed by atoms with Crippen molar-refractivity contribution in [3.63, 3.8) is 0 Å². The van der Waals surface area contributed by atoms with Crippen LogP contribution in [-0.2, 0) is 10.0 Å². The molecule has 1 N–H and O–H groups in total. The summed E-state index contributed by atoms with van der Waals surface area (Å²) in [6.07, 6.45) is 2.50. The zero-order valence-corrected chi connectivity index (χ0v) is 16.8. The van der Waals surface area contributed by atoms with Crippen LogP contribution in [0.15, 0.2) is 18.3 Å². The van der Waals surface area contributed by atoms with E-state index in [0.29, 0.717) is 16.7 Å². The molecule has 0 aliphatic rings. The van der Waals surface area contributed by atoms with Gasteiger partial charge in [0.1, 0.15) is 0 Å². The van der Waals surface area contributed by atoms with E-state index >= 15 is 0 Å². The molecular formula is C17H20N4O3S2. The van der Waals surface area contributed by atoms with Crippen LogP contribution in [0.3, 0.4) is 0 Å². The van der Waals surface area contributed by atoms with Gasteiger partial charge in [0.05, 0.1) is 29.1 Å². The Balaban J connectivity index is 2.28. The zero-order valence-electron chi connectivity index (χ0n) is 15.2. The van der Waals surface area contributed by atoms with Crippen molar-refractivity contribution < 1.29 is 13.2 Å². The number of hydrogen-bond donors (Lipinski definition) is 1. The first-order valence-corrected chi connectivity index (χ1v) is 10.8. The smallest absolute Gasteiger partial charge is 0.265 e. The number of thiophene rings is 1. The Hall–Kier alpha value is -2.26. The van der Waals surface area contributed by atoms with Crippen LogP contribution in [0, 0.1) is 13.8 Å². The number of hydrogen-bond acceptors (Lipinski definition) is 6. The topological polar surface area (TPSA) is 94.0 Å². The predicted molar refractivity (Wildman–Crippen MR) is 103 cm³/mol. The van der Waals surface area contributed by atoms with E-state index < -0.39 is 15.9 Å². The van der Waals surface area contributed by atoms with Gasteiger partial charge in [-0.15, -0.1) is 11.3 Å². The third kappa shape index (κ3) is 3.49. The number of aromatic nitrogens is 3. The Morgan fingerprint density at radius 1 is 1.27 bits per heavy atom. The molecule has 3 aromatic rings. The number of nitrogens with one attached hydrogen (secondary N) is 1. The van der Waals surface area contributed by atoms with Crippen molar-refractivity contribution in [1.29, 1.82) is 0 Å². The summed E-state index contributed by atoms with van der Waals surface area (Å²) in [5, 5.41) is 4.85. The van der Waals surface area contributed by atoms with Gasteiger partial charge in [0.15, 0.2) is 5.65 Å². The summed E-state index contributed by atoms with van der Waals surface area (Å²) in [7, 11) is -3.68. The molecule has 3 heterocycles. The van der Waals surface area contributed by atoms with E-state index in [0.717, 1.165) is 21.6 Å². The molecule has 0 unspecified atom stereocenters. The number of rotatable bonds is 4. The van der Waals surface area contributed by atoms with E-state index in [9.17, 15) is 13.2 Å². The summed E-state index contributed by atoms with van der Waals surface area (Å²) < 4.78 is 26.8. The quantitative estimate of drug-likeness (QED) is 0.736. The molecule has 26 heavy (non-hydrogen) atoms. The van der Waals surface area contributed by atoms with Crippen LogP contribution in [0.25, 0.3) is 22.3 Å². The minimum atomic E-state index is -3.68. The molecule has 0 saturated carbocycles. The number of carbonyl (C=O) groups excluding carboxylic acids is 1. The van der Waals surface area contributed by atoms with Crippen molar-refractivity contribution in [3.8, 4) is 11.3 Å². The Morgan fingerprint density at radius 2 is 1.96 bits per heavy atom. The fourth-order valence-electron chi connectivity index (χ4n) is 2.83. The van der Waals surface area contributed by atoms with E-state index in [1.165, 1.54) is 0 Å². The van der Waals surface area contributed by atoms with Crippen LogP contribution in [0.5, 0.6) is 0 Å². The van der Waals surface area contributed by atoms with Crippen molar-refractivity contribution in [2.24, 2.45) is 0 Å². The highest BCUT2D eigenvalue weighted by molar-refractivity contribution is 7.89. The van der Waals surface area contributed by atoms with Crippen LogP contribution < -0.4 is 4.72 Å². The molecule has 0 spiro atoms. The highest BCUT2D eigenvalue weighted by Crippen LogP contribution is 2.32. The highest BCUT2D eigenvalue weighted by Gasteiger charge is 2.21. The van der Waals surface area contributed by atoms with Crippen molar-refractivity contribution >= 4 is 38.3 Å². The fraction of sp³-hybridized carbons (Fsp3) is 0.353. The summed E-state index contributed by atoms with van der Waals surface area (Å²) in [6.45, 7) is 7.94. The van der Waals surface area contributed by atoms with Crippen LogP contribution >= 0.6 is 11.3 Å². The van der Waals surface area contributed by atoms with Crippen LogP contribution in [-0.4, -0.2) is 35.3 Å². The van der Waals surface area contributed by atoms with Gasteiger partial charge in [-0.05, 0) is 39.8 Å². The number of nitrogens with zero attached hydrogens (tertiary/aromatic N) is 3. The molecule has 1 amide bonds. The lowest BCUT2D eigenvalue weighted by Crippen LogP contribution is -2.29. The molecule has 0 saturated heterocycles. The molecular weight excluding hydrogens is 372 g/mol. The number of amides is 1. The summed E-state index contributed by atoms with van der Waals surface area (Å²) in [6, 6.07) is 3.69. The maximum atomic E-state index is 12.6. The number of fused-ring (bicyclic) bond motifs is 1. The molecule has 0 atom stereocenters. The van der Waals surface area contributed by atoms with Gasteiger partial charge >= 0.3 is 0 Å². The molecule has 138 valence electrons. The average Bonchev–Trinajstić information content (AvgIpc) is 3.07. The van der Waals surface area contributed by atoms with Gasteiger partial charge < -0.3 is 0 Å². The summed E-state index contributed by atoms with van der Waals surface area (Å²) >= 11 is 1.65. The van der Waals surface area contributed by atoms with Crippen LogP contribution in [0.2, 0.25) is 0 Å². The molecule has 3 aromatic heterocycles. The summed E-state index contributed by atoms with van der Waals surface area (Å²) in [5.41, 5.74) is 2.35. The Morgan fingerprint density at radius 3 is 2.50 bits per heavy atom. The number of aryl methyl sites for hydroxylation is 2. The van der Waals surface area contributed by atoms with Crippen LogP contribution in [0.1, 0.15) is 40.0 Å². The second-order valence-electron chi connectivity index (χ2n) is 6.51. The Bertz CT molecular complexity index is 1110. The predicted octanol–water partition coefficient (Wildman–Crippen LogP) is 3.05. The van der Waals surface area contributed by atoms with E-state index in [-0.39, 0.29) is 11.6 Å². The SMILES string of the molecule is Cc1cc(-c2cc(C(=O)NS(C)(=O)=O)c3cnn(C(C)C)c3n2)c(C)s1. The third-order valence-electron chi connectivity index (χ3n) is 3.90. The first kappa shape index (κ1) is 18.5. The minimum absolute atomic E-state index is 0.0476. The standard InChI is InChI=1S/C17H20N4O3S2/c1-9(2)21-16-14(8-18-21)13(17(22)20-26(5,23)24)7-15(19-16)12-6-10(3)25-11(12)4/h6-9H,1-5H3,(H,20,22). The van der Waals surface area contributed by atoms with Gasteiger partial charge in [-0.2, -0.15) is 5.10 Å². The van der Waals surface area contributed by atoms with E-state index in [1.807, 2.05) is 38.5 Å². The van der Waals surface area contributed by atoms with Gasteiger partial charge in [0, 0.05) is 21.4 Å². The average molecular weight is 393 g/mol. The van der Waals surface area contributed by atoms with Crippen molar-refractivity contribution in [2.45, 2.75) is 33.7 Å². The number of carbonyl (C=O) groups is 1. The molecule has 0 fully saturated rings. The normalized spacial score (nSPS) is 12.1. The molecule has 3 rings (SSSR count). The maximum Gasteiger partial charge on any atom is 0.265 e. The van der Waals surface area contributed by atoms with Gasteiger partial charge in [-0.3, -0.25) is 4.79 Å². The van der Waals surface area contributed by atoms with E-state index in [4.69, 9.17) is 4.98 Å². The van der Waals surface area contributed by atoms with E-state index in [2.05, 4.69) is 5.10 Å². The van der Waals surface area contributed by atoms with Crippen molar-refractivity contribution in [2.75, 3.05) is 6.26 Å². The number of pyridine rings is 1. The molecule has 0 aromatic carbocycles. The fourth-order valence-corrected chi connectivity index (χ4v) is 4.21. The highest BCUT2D eigenvalue weighted by atomic mass is 32.2. The third-order valence-corrected chi connectivity index (χ3v) is 5.42. The second kappa shape index (κ2) is 6.48. The molecule has 7 nitrogen and oxygen atoms in total. The van der Waals surface area contributed by atoms with E-state index in [1.54, 1.807) is 28.3 Å². The van der Waals surface area contributed by atoms with Gasteiger partial charge in [0.25, 0.3) is 5.91 Å². The summed E-state index contributed by atoms with van der Waals surface area (Å²) in [4.78, 5) is 19.5. The number of sulfonamides is 1. The van der Waals surface area contributed by atoms with Crippen LogP contribution in [0.4, 0.5) is 0 Å². The first-order valence-electron chi connectivity index (χ1n) is 8.04. The minimum Gasteiger partial charge on any atom is -0.268 e. The zero-order chi connectivity index (χ0) is 19.2. The lowest BCUT2D eigenvalue weighted by molar-refractivity contribution is 0.0983. The van der Waals surface area contributed by atoms with Gasteiger partial charge in [0.2, 0.25) is 10.0 Å². The molecule has 9 heteroatoms. The molecule has 0 bridgehead atoms. The molecule has 0 aliphatic heterocycles. The van der Waals surface area contributed by atoms with Crippen molar-refractivity contribution in [1.82, 2.24) is 19.5 Å². The lowest BCUT2D eigenvalue weighted by atomic mass is 10.1. The van der Waals surface area contributed by atoms with Gasteiger partial charge in [-0.25, -0.2) is 22.8 Å². The van der Waals surface area contributed by atoms with Gasteiger partial charge in [-0.1, -0.05) is 0 Å². The maximum absolute atomic E-state index is 12.6. The van der Waals surface area contributed by atoms with Crippen molar-refractivity contribution in [3.05, 3.63) is 33.6 Å². The molecule has 0 radical (unpaired) electrons. The summed E-state index contributed by atoms with van der Waals surface area (Å²) in [5.74, 6) is -0.686. The molecule has 0 aliphatic carbocycles. The second-order valence-corrected chi connectivity index (χ2v) is 9.71. The Kier molecular flexibility index (Phi) is 4.61. The lowest BCUT2D eigenvalue weighted by Gasteiger charge is -2.10. The largest absolute Gasteiger partial charge is 0.268 e. The first-order chi connectivity index (χ1) is 12.1. The Labute approximate surface area is 156 Å². The monoisotopic (exact) mass is 392 g/mol.